The van der Waals surface area contributed by atoms with Crippen LogP contribution in [0.2, 0.25) is 0 Å². The predicted octanol–water partition coefficient (Wildman–Crippen LogP) is 5.66. The molecule has 148 valence electrons. The lowest BCUT2D eigenvalue weighted by Gasteiger charge is -2.37. The third kappa shape index (κ3) is 2.38. The maximum Gasteiger partial charge on any atom is 0.147 e. The molecule has 5 aromatic rings. The Morgan fingerprint density at radius 2 is 1.73 bits per heavy atom. The van der Waals surface area contributed by atoms with Gasteiger partial charge in [0.2, 0.25) is 0 Å². The van der Waals surface area contributed by atoms with Gasteiger partial charge in [0.15, 0.2) is 0 Å². The maximum absolute atomic E-state index is 5.28. The maximum atomic E-state index is 5.28. The van der Waals surface area contributed by atoms with Crippen LogP contribution in [0.5, 0.6) is 0 Å². The topological polar surface area (TPSA) is 88.4 Å². The van der Waals surface area contributed by atoms with Gasteiger partial charge in [0, 0.05) is 64.1 Å². The van der Waals surface area contributed by atoms with Crippen LogP contribution in [0, 0.1) is 0 Å². The first-order valence-corrected chi connectivity index (χ1v) is 12.0. The molecule has 0 aromatic carbocycles. The molecule has 1 atom stereocenters. The number of aromatic nitrogens is 5. The summed E-state index contributed by atoms with van der Waals surface area (Å²) in [6.45, 7) is 0. The highest BCUT2D eigenvalue weighted by molar-refractivity contribution is 8.52. The predicted molar refractivity (Wildman–Crippen MR) is 123 cm³/mol. The number of H-pyrrole nitrogens is 4. The van der Waals surface area contributed by atoms with E-state index in [1.165, 1.54) is 9.80 Å². The highest BCUT2D eigenvalue weighted by Gasteiger charge is 2.47. The van der Waals surface area contributed by atoms with E-state index in [1.807, 2.05) is 42.4 Å². The Kier molecular flexibility index (Phi) is 3.93. The zero-order chi connectivity index (χ0) is 20.0. The van der Waals surface area contributed by atoms with E-state index < -0.39 is 10.0 Å². The Morgan fingerprint density at radius 3 is 2.40 bits per heavy atom. The van der Waals surface area contributed by atoms with Crippen LogP contribution in [0.3, 0.4) is 0 Å². The summed E-state index contributed by atoms with van der Waals surface area (Å²) in [5.74, 6) is 0. The minimum atomic E-state index is -1.88. The Bertz CT molecular complexity index is 1270. The Balaban J connectivity index is 1.78. The van der Waals surface area contributed by atoms with Crippen molar-refractivity contribution in [2.45, 2.75) is 9.92 Å². The quantitative estimate of drug-likeness (QED) is 0.285. The number of thiazole rings is 1. The summed E-state index contributed by atoms with van der Waals surface area (Å²) in [6, 6.07) is 12.6. The van der Waals surface area contributed by atoms with Crippen molar-refractivity contribution in [2.24, 2.45) is 4.99 Å². The highest BCUT2D eigenvalue weighted by Crippen LogP contribution is 2.76. The zero-order valence-electron chi connectivity index (χ0n) is 15.8. The minimum absolute atomic E-state index is 0.940. The molecule has 0 amide bonds. The molecule has 5 aromatic heterocycles. The number of hydrogen-bond donors (Lipinski definition) is 4. The number of nitrogens with one attached hydrogen (secondary N) is 4. The van der Waals surface area contributed by atoms with Gasteiger partial charge >= 0.3 is 0 Å². The molecule has 0 saturated carbocycles. The van der Waals surface area contributed by atoms with Crippen molar-refractivity contribution in [3.8, 4) is 0 Å². The minimum Gasteiger partial charge on any atom is -0.367 e. The van der Waals surface area contributed by atoms with Gasteiger partial charge < -0.3 is 19.9 Å². The average Bonchev–Trinajstić information content (AvgIpc) is 3.62. The van der Waals surface area contributed by atoms with Crippen LogP contribution in [-0.4, -0.2) is 30.0 Å². The van der Waals surface area contributed by atoms with Crippen molar-refractivity contribution >= 4 is 37.0 Å². The van der Waals surface area contributed by atoms with Crippen LogP contribution in [0.25, 0.3) is 10.6 Å². The molecule has 0 aliphatic carbocycles. The van der Waals surface area contributed by atoms with Crippen molar-refractivity contribution in [1.29, 1.82) is 0 Å². The summed E-state index contributed by atoms with van der Waals surface area (Å²) in [6.07, 6.45) is 13.9. The lowest BCUT2D eigenvalue weighted by atomic mass is 10.2. The summed E-state index contributed by atoms with van der Waals surface area (Å²) < 4.78 is 0. The second-order valence-electron chi connectivity index (χ2n) is 6.81. The third-order valence-corrected chi connectivity index (χ3v) is 9.87. The molecule has 6 nitrogen and oxygen atoms in total. The summed E-state index contributed by atoms with van der Waals surface area (Å²) in [7, 11) is -1.88. The van der Waals surface area contributed by atoms with E-state index in [0.717, 1.165) is 32.0 Å². The van der Waals surface area contributed by atoms with Gasteiger partial charge in [0.1, 0.15) is 15.7 Å². The number of hydrogen-bond acceptors (Lipinski definition) is 3. The van der Waals surface area contributed by atoms with Crippen LogP contribution in [0.4, 0.5) is 0 Å². The van der Waals surface area contributed by atoms with Crippen LogP contribution in [-0.2, 0) is 0 Å². The van der Waals surface area contributed by atoms with Crippen LogP contribution in [0.1, 0.15) is 16.3 Å². The normalized spacial score (nSPS) is 21.0. The second kappa shape index (κ2) is 6.79. The molecule has 1 aliphatic rings. The van der Waals surface area contributed by atoms with Gasteiger partial charge in [-0.05, 0) is 36.4 Å². The Morgan fingerprint density at radius 1 is 0.867 bits per heavy atom. The monoisotopic (exact) mass is 430 g/mol. The standard InChI is InChI=1S/C22H18N6S2/c1-3-17(25-7-1)19-20(15-5-9-23-13-15)30(16-6-10-24-14-16,18-4-2-8-26-18)22(28-19)21-27-11-12-29-21/h1-14,23-26H. The molecule has 1 aliphatic heterocycles. The van der Waals surface area contributed by atoms with Gasteiger partial charge in [0.25, 0.3) is 0 Å². The molecule has 0 saturated heterocycles. The number of aliphatic imine (C=N–C) groups is 1. The van der Waals surface area contributed by atoms with E-state index >= 15 is 0 Å². The summed E-state index contributed by atoms with van der Waals surface area (Å²) in [5, 5.41) is 5.08. The van der Waals surface area contributed by atoms with Crippen LogP contribution >= 0.6 is 21.4 Å². The van der Waals surface area contributed by atoms with Gasteiger partial charge in [-0.2, -0.15) is 0 Å². The van der Waals surface area contributed by atoms with Crippen LogP contribution in [0.15, 0.2) is 100 Å². The van der Waals surface area contributed by atoms with Gasteiger partial charge in [-0.15, -0.1) is 11.3 Å². The smallest absolute Gasteiger partial charge is 0.147 e. The average molecular weight is 431 g/mol. The summed E-state index contributed by atoms with van der Waals surface area (Å²) >= 11 is 1.63. The SMILES string of the molecule is c1c[nH]c(C2=C(c3cc[nH]c3)S(c3cc[nH]c3)(c3ccc[nH]3)C(c3nccs3)=N2)c1. The molecule has 0 spiro atoms. The molecule has 0 fully saturated rings. The molecule has 8 heteroatoms. The van der Waals surface area contributed by atoms with Crippen molar-refractivity contribution in [1.82, 2.24) is 24.9 Å². The second-order valence-corrected chi connectivity index (χ2v) is 10.6. The van der Waals surface area contributed by atoms with Gasteiger partial charge in [0.05, 0.1) is 10.7 Å². The third-order valence-electron chi connectivity index (χ3n) is 5.18. The molecular formula is C22H18N6S2. The lowest BCUT2D eigenvalue weighted by Crippen LogP contribution is -2.13. The largest absolute Gasteiger partial charge is 0.367 e. The summed E-state index contributed by atoms with van der Waals surface area (Å²) in [4.78, 5) is 25.7. The van der Waals surface area contributed by atoms with Gasteiger partial charge in [-0.1, -0.05) is 10.0 Å². The van der Waals surface area contributed by atoms with Gasteiger partial charge in [-0.25, -0.2) is 9.98 Å². The fourth-order valence-electron chi connectivity index (χ4n) is 3.98. The van der Waals surface area contributed by atoms with E-state index in [-0.39, 0.29) is 0 Å². The molecule has 0 radical (unpaired) electrons. The molecule has 30 heavy (non-hydrogen) atoms. The molecule has 6 rings (SSSR count). The van der Waals surface area contributed by atoms with Gasteiger partial charge in [-0.3, -0.25) is 0 Å². The van der Waals surface area contributed by atoms with E-state index in [0.29, 0.717) is 0 Å². The molecule has 1 unspecified atom stereocenters. The van der Waals surface area contributed by atoms with Crippen molar-refractivity contribution in [2.75, 3.05) is 0 Å². The fourth-order valence-corrected chi connectivity index (χ4v) is 8.87. The molecule has 0 bridgehead atoms. The van der Waals surface area contributed by atoms with Crippen molar-refractivity contribution < 1.29 is 0 Å². The number of aromatic amines is 4. The number of rotatable bonds is 5. The fraction of sp³-hybridized carbons (Fsp3) is 0. The zero-order valence-corrected chi connectivity index (χ0v) is 17.4. The molecule has 4 N–H and O–H groups in total. The van der Waals surface area contributed by atoms with E-state index in [2.05, 4.69) is 67.6 Å². The summed E-state index contributed by atoms with van der Waals surface area (Å²) in [5.41, 5.74) is 3.08. The van der Waals surface area contributed by atoms with E-state index in [1.54, 1.807) is 11.3 Å². The molecular weight excluding hydrogens is 412 g/mol. The van der Waals surface area contributed by atoms with Crippen molar-refractivity contribution in [3.63, 3.8) is 0 Å². The first kappa shape index (κ1) is 17.4. The van der Waals surface area contributed by atoms with Crippen molar-refractivity contribution in [3.05, 3.63) is 101 Å². The Hall–Kier alpha value is -3.49. The molecule has 6 heterocycles. The van der Waals surface area contributed by atoms with E-state index in [9.17, 15) is 0 Å². The lowest BCUT2D eigenvalue weighted by molar-refractivity contribution is 1.19. The first-order chi connectivity index (χ1) is 14.9. The Labute approximate surface area is 178 Å². The number of nitrogens with zero attached hydrogens (tertiary/aromatic N) is 2. The first-order valence-electron chi connectivity index (χ1n) is 9.48. The van der Waals surface area contributed by atoms with Crippen LogP contribution < -0.4 is 0 Å². The van der Waals surface area contributed by atoms with E-state index in [4.69, 9.17) is 4.99 Å². The highest BCUT2D eigenvalue weighted by atomic mass is 32.3.